The zero-order valence-corrected chi connectivity index (χ0v) is 15.8. The van der Waals surface area contributed by atoms with E-state index >= 15 is 0 Å². The number of hydrogen-bond donors (Lipinski definition) is 1. The van der Waals surface area contributed by atoms with Crippen LogP contribution in [0.4, 0.5) is 0 Å². The molecule has 0 bridgehead atoms. The molecular formula is C19H24N4O2S. The van der Waals surface area contributed by atoms with Crippen LogP contribution in [0.1, 0.15) is 49.5 Å². The van der Waals surface area contributed by atoms with Gasteiger partial charge in [0.25, 0.3) is 0 Å². The number of hydrogen-bond acceptors (Lipinski definition) is 5. The van der Waals surface area contributed by atoms with Crippen molar-refractivity contribution in [2.75, 3.05) is 5.75 Å². The van der Waals surface area contributed by atoms with Gasteiger partial charge in [-0.3, -0.25) is 14.9 Å². The molecule has 1 aromatic carbocycles. The number of carbonyl (C=O) groups is 2. The number of thioether (sulfide) groups is 1. The highest BCUT2D eigenvalue weighted by Crippen LogP contribution is 2.32. The molecule has 6 nitrogen and oxygen atoms in total. The highest BCUT2D eigenvalue weighted by molar-refractivity contribution is 7.99. The van der Waals surface area contributed by atoms with E-state index in [0.717, 1.165) is 29.4 Å². The van der Waals surface area contributed by atoms with Crippen molar-refractivity contribution in [2.24, 2.45) is 0 Å². The number of aromatic nitrogens is 3. The minimum Gasteiger partial charge on any atom is -0.303 e. The maximum Gasteiger partial charge on any atom is 0.237 e. The molecule has 1 fully saturated rings. The molecule has 1 aliphatic carbocycles. The smallest absolute Gasteiger partial charge is 0.237 e. The predicted octanol–water partition coefficient (Wildman–Crippen LogP) is 3.07. The van der Waals surface area contributed by atoms with Crippen molar-refractivity contribution in [3.63, 3.8) is 0 Å². The molecule has 3 rings (SSSR count). The molecule has 0 atom stereocenters. The monoisotopic (exact) mass is 372 g/mol. The second-order valence-electron chi connectivity index (χ2n) is 6.61. The van der Waals surface area contributed by atoms with E-state index in [-0.39, 0.29) is 24.0 Å². The standard InChI is InChI=1S/C19H24N4O2S/c1-14-21-22-19(23(14)16-10-6-3-7-11-16)26-13-18(25)20-17(24)12-15-8-4-2-5-9-15/h2,4-5,8-9,16H,3,6-7,10-13H2,1H3,(H,20,24,25). The van der Waals surface area contributed by atoms with Gasteiger partial charge in [0, 0.05) is 6.04 Å². The largest absolute Gasteiger partial charge is 0.303 e. The van der Waals surface area contributed by atoms with E-state index in [4.69, 9.17) is 0 Å². The SMILES string of the molecule is Cc1nnc(SCC(=O)NC(=O)Cc2ccccc2)n1C1CCCCC1. The fourth-order valence-electron chi connectivity index (χ4n) is 3.36. The van der Waals surface area contributed by atoms with Crippen LogP contribution in [0.2, 0.25) is 0 Å². The molecule has 1 saturated carbocycles. The van der Waals surface area contributed by atoms with Crippen LogP contribution in [0.15, 0.2) is 35.5 Å². The summed E-state index contributed by atoms with van der Waals surface area (Å²) < 4.78 is 2.16. The van der Waals surface area contributed by atoms with Crippen LogP contribution in [0.3, 0.4) is 0 Å². The number of aryl methyl sites for hydroxylation is 1. The Bertz CT molecular complexity index is 754. The Kier molecular flexibility index (Phi) is 6.44. The number of carbonyl (C=O) groups excluding carboxylic acids is 2. The van der Waals surface area contributed by atoms with Crippen LogP contribution in [0, 0.1) is 6.92 Å². The molecule has 138 valence electrons. The molecule has 0 spiro atoms. The number of amides is 2. The van der Waals surface area contributed by atoms with Crippen molar-refractivity contribution in [3.8, 4) is 0 Å². The predicted molar refractivity (Wildman–Crippen MR) is 101 cm³/mol. The van der Waals surface area contributed by atoms with Gasteiger partial charge in [-0.25, -0.2) is 0 Å². The molecule has 2 aromatic rings. The van der Waals surface area contributed by atoms with Gasteiger partial charge in [0.1, 0.15) is 5.82 Å². The van der Waals surface area contributed by atoms with Gasteiger partial charge >= 0.3 is 0 Å². The van der Waals surface area contributed by atoms with Gasteiger partial charge in [0.05, 0.1) is 12.2 Å². The molecule has 1 N–H and O–H groups in total. The van der Waals surface area contributed by atoms with Crippen molar-refractivity contribution >= 4 is 23.6 Å². The summed E-state index contributed by atoms with van der Waals surface area (Å²) in [6.07, 6.45) is 6.20. The Balaban J connectivity index is 1.52. The second kappa shape index (κ2) is 8.98. The molecule has 2 amide bonds. The van der Waals surface area contributed by atoms with Crippen molar-refractivity contribution in [1.82, 2.24) is 20.1 Å². The topological polar surface area (TPSA) is 76.9 Å². The highest BCUT2D eigenvalue weighted by Gasteiger charge is 2.22. The van der Waals surface area contributed by atoms with Gasteiger partial charge in [0.2, 0.25) is 11.8 Å². The van der Waals surface area contributed by atoms with E-state index in [9.17, 15) is 9.59 Å². The summed E-state index contributed by atoms with van der Waals surface area (Å²) in [7, 11) is 0. The number of imide groups is 1. The van der Waals surface area contributed by atoms with Crippen LogP contribution < -0.4 is 5.32 Å². The summed E-state index contributed by atoms with van der Waals surface area (Å²) in [5.74, 6) is 0.462. The lowest BCUT2D eigenvalue weighted by Gasteiger charge is -2.24. The third-order valence-electron chi connectivity index (χ3n) is 4.59. The molecular weight excluding hydrogens is 348 g/mol. The Morgan fingerprint density at radius 1 is 1.12 bits per heavy atom. The number of nitrogens with zero attached hydrogens (tertiary/aromatic N) is 3. The van der Waals surface area contributed by atoms with E-state index in [1.54, 1.807) is 0 Å². The number of rotatable bonds is 6. The minimum absolute atomic E-state index is 0.158. The lowest BCUT2D eigenvalue weighted by Crippen LogP contribution is -2.33. The summed E-state index contributed by atoms with van der Waals surface area (Å²) in [6.45, 7) is 1.95. The van der Waals surface area contributed by atoms with E-state index in [2.05, 4.69) is 20.1 Å². The summed E-state index contributed by atoms with van der Waals surface area (Å²) in [5, 5.41) is 11.6. The molecule has 7 heteroatoms. The molecule has 0 saturated heterocycles. The first-order valence-corrected chi connectivity index (χ1v) is 10.0. The summed E-state index contributed by atoms with van der Waals surface area (Å²) in [6, 6.07) is 9.81. The molecule has 1 heterocycles. The van der Waals surface area contributed by atoms with Crippen molar-refractivity contribution in [2.45, 2.75) is 56.6 Å². The van der Waals surface area contributed by atoms with Gasteiger partial charge in [0.15, 0.2) is 5.16 Å². The van der Waals surface area contributed by atoms with Gasteiger partial charge in [-0.15, -0.1) is 10.2 Å². The fourth-order valence-corrected chi connectivity index (χ4v) is 4.21. The number of nitrogens with one attached hydrogen (secondary N) is 1. The van der Waals surface area contributed by atoms with Crippen LogP contribution in [0.25, 0.3) is 0 Å². The van der Waals surface area contributed by atoms with Crippen LogP contribution in [0.5, 0.6) is 0 Å². The molecule has 1 aromatic heterocycles. The van der Waals surface area contributed by atoms with E-state index < -0.39 is 0 Å². The van der Waals surface area contributed by atoms with Gasteiger partial charge < -0.3 is 4.57 Å². The normalized spacial score (nSPS) is 15.0. The van der Waals surface area contributed by atoms with E-state index in [0.29, 0.717) is 6.04 Å². The van der Waals surface area contributed by atoms with Crippen LogP contribution >= 0.6 is 11.8 Å². The van der Waals surface area contributed by atoms with Crippen LogP contribution in [-0.2, 0) is 16.0 Å². The molecule has 26 heavy (non-hydrogen) atoms. The Hall–Kier alpha value is -2.15. The minimum atomic E-state index is -0.299. The molecule has 1 aliphatic rings. The molecule has 0 aliphatic heterocycles. The van der Waals surface area contributed by atoms with Crippen LogP contribution in [-0.4, -0.2) is 32.3 Å². The average Bonchev–Trinajstić information content (AvgIpc) is 3.02. The van der Waals surface area contributed by atoms with E-state index in [1.165, 1.54) is 31.0 Å². The Morgan fingerprint density at radius 3 is 2.58 bits per heavy atom. The number of benzene rings is 1. The fraction of sp³-hybridized carbons (Fsp3) is 0.474. The quantitative estimate of drug-likeness (QED) is 0.789. The third-order valence-corrected chi connectivity index (χ3v) is 5.54. The highest BCUT2D eigenvalue weighted by atomic mass is 32.2. The summed E-state index contributed by atoms with van der Waals surface area (Å²) in [5.41, 5.74) is 0.887. The lowest BCUT2D eigenvalue weighted by molar-refractivity contribution is -0.128. The molecule has 0 unspecified atom stereocenters. The van der Waals surface area contributed by atoms with Crippen molar-refractivity contribution < 1.29 is 9.59 Å². The average molecular weight is 372 g/mol. The zero-order chi connectivity index (χ0) is 18.4. The van der Waals surface area contributed by atoms with Gasteiger partial charge in [-0.1, -0.05) is 61.4 Å². The maximum atomic E-state index is 12.1. The Morgan fingerprint density at radius 2 is 1.85 bits per heavy atom. The first-order chi connectivity index (χ1) is 12.6. The molecule has 0 radical (unpaired) electrons. The lowest BCUT2D eigenvalue weighted by atomic mass is 9.95. The second-order valence-corrected chi connectivity index (χ2v) is 7.56. The zero-order valence-electron chi connectivity index (χ0n) is 15.0. The Labute approximate surface area is 157 Å². The van der Waals surface area contributed by atoms with Gasteiger partial charge in [-0.05, 0) is 25.3 Å². The summed E-state index contributed by atoms with van der Waals surface area (Å²) >= 11 is 1.34. The third kappa shape index (κ3) is 4.94. The van der Waals surface area contributed by atoms with Gasteiger partial charge in [-0.2, -0.15) is 0 Å². The van der Waals surface area contributed by atoms with E-state index in [1.807, 2.05) is 37.3 Å². The van der Waals surface area contributed by atoms with Crippen molar-refractivity contribution in [3.05, 3.63) is 41.7 Å². The first kappa shape index (κ1) is 18.6. The summed E-state index contributed by atoms with van der Waals surface area (Å²) in [4.78, 5) is 24.1. The van der Waals surface area contributed by atoms with Crippen molar-refractivity contribution in [1.29, 1.82) is 0 Å². The first-order valence-electron chi connectivity index (χ1n) is 9.04. The maximum absolute atomic E-state index is 12.1.